The maximum absolute atomic E-state index is 12.8. The van der Waals surface area contributed by atoms with Crippen molar-refractivity contribution in [2.45, 2.75) is 37.0 Å². The van der Waals surface area contributed by atoms with Crippen molar-refractivity contribution in [2.75, 3.05) is 26.2 Å². The van der Waals surface area contributed by atoms with Crippen LogP contribution in [0.25, 0.3) is 0 Å². The summed E-state index contributed by atoms with van der Waals surface area (Å²) in [6.07, 6.45) is 4.10. The van der Waals surface area contributed by atoms with E-state index in [1.807, 2.05) is 12.1 Å². The van der Waals surface area contributed by atoms with Gasteiger partial charge in [0.1, 0.15) is 0 Å². The Morgan fingerprint density at radius 1 is 1.21 bits per heavy atom. The van der Waals surface area contributed by atoms with Gasteiger partial charge in [-0.25, -0.2) is 8.42 Å². The summed E-state index contributed by atoms with van der Waals surface area (Å²) in [5.41, 5.74) is 2.41. The van der Waals surface area contributed by atoms with Gasteiger partial charge in [-0.2, -0.15) is 4.31 Å². The van der Waals surface area contributed by atoms with Crippen molar-refractivity contribution >= 4 is 15.9 Å². The predicted molar refractivity (Wildman–Crippen MR) is 90.0 cm³/mol. The molecule has 0 aromatic heterocycles. The smallest absolute Gasteiger partial charge is 0.243 e. The van der Waals surface area contributed by atoms with Gasteiger partial charge in [0.15, 0.2) is 0 Å². The first kappa shape index (κ1) is 17.4. The number of nitrogens with one attached hydrogen (secondary N) is 1. The minimum atomic E-state index is -3.49. The number of rotatable bonds is 5. The monoisotopic (exact) mass is 352 g/mol. The number of hydrogen-bond donors (Lipinski definition) is 2. The Morgan fingerprint density at radius 2 is 1.92 bits per heavy atom. The van der Waals surface area contributed by atoms with Gasteiger partial charge in [0, 0.05) is 25.6 Å². The topological polar surface area (TPSA) is 86.7 Å². The van der Waals surface area contributed by atoms with E-state index >= 15 is 0 Å². The molecule has 1 fully saturated rings. The van der Waals surface area contributed by atoms with E-state index in [0.29, 0.717) is 30.8 Å². The van der Waals surface area contributed by atoms with Crippen molar-refractivity contribution in [3.8, 4) is 0 Å². The van der Waals surface area contributed by atoms with Crippen LogP contribution in [0.15, 0.2) is 23.1 Å². The highest BCUT2D eigenvalue weighted by Gasteiger charge is 2.32. The van der Waals surface area contributed by atoms with E-state index in [4.69, 9.17) is 5.11 Å². The quantitative estimate of drug-likeness (QED) is 0.816. The first-order valence-electron chi connectivity index (χ1n) is 8.53. The zero-order valence-corrected chi connectivity index (χ0v) is 14.5. The second kappa shape index (κ2) is 7.21. The van der Waals surface area contributed by atoms with Crippen LogP contribution in [0.3, 0.4) is 0 Å². The maximum atomic E-state index is 12.8. The van der Waals surface area contributed by atoms with Crippen molar-refractivity contribution in [3.63, 3.8) is 0 Å². The number of hydrogen-bond acceptors (Lipinski definition) is 4. The van der Waals surface area contributed by atoms with Crippen molar-refractivity contribution in [1.29, 1.82) is 0 Å². The molecular weight excluding hydrogens is 328 g/mol. The van der Waals surface area contributed by atoms with E-state index < -0.39 is 10.0 Å². The summed E-state index contributed by atoms with van der Waals surface area (Å²) in [4.78, 5) is 12.3. The molecule has 7 heteroatoms. The molecule has 0 spiro atoms. The minimum absolute atomic E-state index is 0.0860. The Hall–Kier alpha value is -1.44. The molecule has 1 amide bonds. The van der Waals surface area contributed by atoms with E-state index in [1.54, 1.807) is 6.07 Å². The number of piperidine rings is 1. The maximum Gasteiger partial charge on any atom is 0.243 e. The van der Waals surface area contributed by atoms with Gasteiger partial charge in [0.2, 0.25) is 15.9 Å². The fraction of sp³-hybridized carbons (Fsp3) is 0.588. The van der Waals surface area contributed by atoms with Gasteiger partial charge in [0.05, 0.1) is 11.5 Å². The minimum Gasteiger partial charge on any atom is -0.395 e. The predicted octanol–water partition coefficient (Wildman–Crippen LogP) is 0.684. The summed E-state index contributed by atoms with van der Waals surface area (Å²) in [7, 11) is -3.49. The summed E-state index contributed by atoms with van der Waals surface area (Å²) >= 11 is 0. The third-order valence-electron chi connectivity index (χ3n) is 4.94. The van der Waals surface area contributed by atoms with Crippen LogP contribution >= 0.6 is 0 Å². The second-order valence-electron chi connectivity index (χ2n) is 6.48. The Labute approximate surface area is 142 Å². The molecule has 1 aliphatic carbocycles. The molecule has 1 saturated heterocycles. The van der Waals surface area contributed by atoms with Crippen LogP contribution in [0.1, 0.15) is 30.4 Å². The van der Waals surface area contributed by atoms with Crippen LogP contribution in [0, 0.1) is 5.92 Å². The summed E-state index contributed by atoms with van der Waals surface area (Å²) < 4.78 is 27.1. The van der Waals surface area contributed by atoms with Gasteiger partial charge in [-0.05, 0) is 55.4 Å². The van der Waals surface area contributed by atoms with Crippen LogP contribution in [-0.2, 0) is 27.7 Å². The Morgan fingerprint density at radius 3 is 2.62 bits per heavy atom. The number of fused-ring (bicyclic) bond motifs is 1. The van der Waals surface area contributed by atoms with Gasteiger partial charge in [-0.15, -0.1) is 0 Å². The first-order valence-corrected chi connectivity index (χ1v) is 9.97. The Bertz CT molecular complexity index is 709. The second-order valence-corrected chi connectivity index (χ2v) is 8.41. The Kier molecular flexibility index (Phi) is 5.22. The highest BCUT2D eigenvalue weighted by Crippen LogP contribution is 2.28. The van der Waals surface area contributed by atoms with Crippen LogP contribution < -0.4 is 5.32 Å². The van der Waals surface area contributed by atoms with Crippen LogP contribution in [0.4, 0.5) is 0 Å². The standard InChI is InChI=1S/C17H24N2O4S/c20-11-8-18-17(21)14-6-9-19(10-7-14)24(22,23)16-5-4-13-2-1-3-15(13)12-16/h4-5,12,14,20H,1-3,6-11H2,(H,18,21). The summed E-state index contributed by atoms with van der Waals surface area (Å²) in [6, 6.07) is 5.46. The number of nitrogens with zero attached hydrogens (tertiary/aromatic N) is 1. The third kappa shape index (κ3) is 3.48. The third-order valence-corrected chi connectivity index (χ3v) is 6.84. The van der Waals surface area contributed by atoms with Gasteiger partial charge in [-0.1, -0.05) is 6.07 Å². The molecule has 1 aromatic rings. The lowest BCUT2D eigenvalue weighted by molar-refractivity contribution is -0.126. The van der Waals surface area contributed by atoms with E-state index in [-0.39, 0.29) is 25.0 Å². The van der Waals surface area contributed by atoms with E-state index in [1.165, 1.54) is 9.87 Å². The molecule has 24 heavy (non-hydrogen) atoms. The SMILES string of the molecule is O=C(NCCO)C1CCN(S(=O)(=O)c2ccc3c(c2)CCC3)CC1. The molecule has 0 radical (unpaired) electrons. The summed E-state index contributed by atoms with van der Waals surface area (Å²) in [5, 5.41) is 11.4. The lowest BCUT2D eigenvalue weighted by Crippen LogP contribution is -2.43. The number of sulfonamides is 1. The molecule has 6 nitrogen and oxygen atoms in total. The zero-order valence-electron chi connectivity index (χ0n) is 13.7. The molecule has 3 rings (SSSR count). The fourth-order valence-electron chi connectivity index (χ4n) is 3.54. The van der Waals surface area contributed by atoms with Crippen LogP contribution in [0.5, 0.6) is 0 Å². The van der Waals surface area contributed by atoms with E-state index in [0.717, 1.165) is 24.8 Å². The first-order chi connectivity index (χ1) is 11.5. The van der Waals surface area contributed by atoms with E-state index in [9.17, 15) is 13.2 Å². The molecule has 2 N–H and O–H groups in total. The number of carbonyl (C=O) groups excluding carboxylic acids is 1. The van der Waals surface area contributed by atoms with Crippen LogP contribution in [-0.4, -0.2) is 50.0 Å². The highest BCUT2D eigenvalue weighted by atomic mass is 32.2. The normalized spacial score (nSPS) is 19.2. The summed E-state index contributed by atoms with van der Waals surface area (Å²) in [6.45, 7) is 0.872. The van der Waals surface area contributed by atoms with Crippen molar-refractivity contribution in [3.05, 3.63) is 29.3 Å². The highest BCUT2D eigenvalue weighted by molar-refractivity contribution is 7.89. The average Bonchev–Trinajstić information content (AvgIpc) is 3.07. The molecule has 1 heterocycles. The fourth-order valence-corrected chi connectivity index (χ4v) is 5.06. The van der Waals surface area contributed by atoms with Crippen LogP contribution in [0.2, 0.25) is 0 Å². The number of carbonyl (C=O) groups is 1. The van der Waals surface area contributed by atoms with Gasteiger partial charge in [0.25, 0.3) is 0 Å². The van der Waals surface area contributed by atoms with Gasteiger partial charge < -0.3 is 10.4 Å². The molecule has 0 unspecified atom stereocenters. The van der Waals surface area contributed by atoms with Crippen molar-refractivity contribution < 1.29 is 18.3 Å². The van der Waals surface area contributed by atoms with E-state index in [2.05, 4.69) is 5.32 Å². The number of benzene rings is 1. The molecular formula is C17H24N2O4S. The number of aliphatic hydroxyl groups excluding tert-OH is 1. The summed E-state index contributed by atoms with van der Waals surface area (Å²) in [5.74, 6) is -0.276. The van der Waals surface area contributed by atoms with Crippen molar-refractivity contribution in [1.82, 2.24) is 9.62 Å². The Balaban J connectivity index is 1.66. The molecule has 0 bridgehead atoms. The number of aliphatic hydroxyl groups is 1. The largest absolute Gasteiger partial charge is 0.395 e. The van der Waals surface area contributed by atoms with Gasteiger partial charge >= 0.3 is 0 Å². The zero-order chi connectivity index (χ0) is 17.2. The average molecular weight is 352 g/mol. The molecule has 0 saturated carbocycles. The number of aryl methyl sites for hydroxylation is 2. The molecule has 2 aliphatic rings. The van der Waals surface area contributed by atoms with Gasteiger partial charge in [-0.3, -0.25) is 4.79 Å². The molecule has 1 aliphatic heterocycles. The number of amides is 1. The molecule has 0 atom stereocenters. The lowest BCUT2D eigenvalue weighted by atomic mass is 9.97. The molecule has 132 valence electrons. The lowest BCUT2D eigenvalue weighted by Gasteiger charge is -2.30. The van der Waals surface area contributed by atoms with Crippen molar-refractivity contribution in [2.24, 2.45) is 5.92 Å². The molecule has 1 aromatic carbocycles.